The van der Waals surface area contributed by atoms with Crippen molar-refractivity contribution in [3.8, 4) is 6.07 Å². The average Bonchev–Trinajstić information content (AvgIpc) is 2.68. The van der Waals surface area contributed by atoms with Crippen LogP contribution in [-0.4, -0.2) is 36.6 Å². The van der Waals surface area contributed by atoms with Gasteiger partial charge in [-0.3, -0.25) is 4.90 Å². The quantitative estimate of drug-likeness (QED) is 0.761. The van der Waals surface area contributed by atoms with Crippen LogP contribution in [-0.2, 0) is 12.6 Å². The van der Waals surface area contributed by atoms with E-state index in [2.05, 4.69) is 24.0 Å². The molecule has 0 bridgehead atoms. The Balaban J connectivity index is 1.73. The van der Waals surface area contributed by atoms with E-state index in [4.69, 9.17) is 5.26 Å². The summed E-state index contributed by atoms with van der Waals surface area (Å²) in [4.78, 5) is 4.41. The summed E-state index contributed by atoms with van der Waals surface area (Å²) in [7, 11) is 0. The van der Waals surface area contributed by atoms with Crippen LogP contribution in [0.3, 0.4) is 0 Å². The highest BCUT2D eigenvalue weighted by Crippen LogP contribution is 2.35. The average molecular weight is 387 g/mol. The summed E-state index contributed by atoms with van der Waals surface area (Å²) < 4.78 is 39.9. The molecule has 0 radical (unpaired) electrons. The Hall–Kier alpha value is -2.52. The predicted octanol–water partition coefficient (Wildman–Crippen LogP) is 4.72. The molecule has 3 nitrogen and oxygen atoms in total. The van der Waals surface area contributed by atoms with Gasteiger partial charge in [-0.15, -0.1) is 0 Å². The highest BCUT2D eigenvalue weighted by molar-refractivity contribution is 5.56. The number of rotatable bonds is 4. The summed E-state index contributed by atoms with van der Waals surface area (Å²) in [5.74, 6) is 0. The van der Waals surface area contributed by atoms with Crippen LogP contribution in [0.1, 0.15) is 30.5 Å². The van der Waals surface area contributed by atoms with E-state index in [1.807, 2.05) is 30.0 Å². The minimum Gasteiger partial charge on any atom is -0.366 e. The number of hydrogen-bond donors (Lipinski definition) is 0. The van der Waals surface area contributed by atoms with Gasteiger partial charge in [0.1, 0.15) is 0 Å². The number of piperazine rings is 1. The smallest absolute Gasteiger partial charge is 0.366 e. The van der Waals surface area contributed by atoms with Crippen LogP contribution >= 0.6 is 0 Å². The van der Waals surface area contributed by atoms with Crippen LogP contribution in [0.25, 0.3) is 0 Å². The van der Waals surface area contributed by atoms with E-state index in [-0.39, 0.29) is 17.6 Å². The maximum atomic E-state index is 13.3. The summed E-state index contributed by atoms with van der Waals surface area (Å²) in [5.41, 5.74) is 0.609. The molecule has 0 saturated carbocycles. The number of benzene rings is 2. The number of alkyl halides is 3. The fraction of sp³-hybridized carbons (Fsp3) is 0.409. The van der Waals surface area contributed by atoms with Crippen molar-refractivity contribution < 1.29 is 13.2 Å². The molecule has 0 amide bonds. The number of anilines is 1. The molecule has 0 aliphatic carbocycles. The van der Waals surface area contributed by atoms with Crippen molar-refractivity contribution in [1.29, 1.82) is 5.26 Å². The second kappa shape index (κ2) is 8.24. The van der Waals surface area contributed by atoms with Crippen LogP contribution < -0.4 is 4.90 Å². The SMILES string of the molecule is C[C@@H]1CN(CCc2ccccc2)[C@@H](C)CN1c1ccc(C#N)c(C(F)(F)F)c1. The Labute approximate surface area is 164 Å². The number of nitriles is 1. The van der Waals surface area contributed by atoms with Gasteiger partial charge in [-0.2, -0.15) is 18.4 Å². The van der Waals surface area contributed by atoms with Crippen molar-refractivity contribution in [2.24, 2.45) is 0 Å². The molecular formula is C22H24F3N3. The molecule has 1 aliphatic heterocycles. The van der Waals surface area contributed by atoms with E-state index in [1.165, 1.54) is 11.6 Å². The molecule has 2 aromatic carbocycles. The zero-order chi connectivity index (χ0) is 20.3. The summed E-state index contributed by atoms with van der Waals surface area (Å²) >= 11 is 0. The van der Waals surface area contributed by atoms with Gasteiger partial charge >= 0.3 is 6.18 Å². The lowest BCUT2D eigenvalue weighted by molar-refractivity contribution is -0.137. The molecular weight excluding hydrogens is 363 g/mol. The van der Waals surface area contributed by atoms with Gasteiger partial charge in [0.05, 0.1) is 17.2 Å². The van der Waals surface area contributed by atoms with Crippen molar-refractivity contribution in [2.45, 2.75) is 38.5 Å². The fourth-order valence-electron chi connectivity index (χ4n) is 3.83. The predicted molar refractivity (Wildman–Crippen MR) is 104 cm³/mol. The normalized spacial score (nSPS) is 20.8. The van der Waals surface area contributed by atoms with Crippen molar-refractivity contribution in [3.05, 3.63) is 65.2 Å². The summed E-state index contributed by atoms with van der Waals surface area (Å²) in [6.07, 6.45) is -3.58. The zero-order valence-electron chi connectivity index (χ0n) is 16.1. The lowest BCUT2D eigenvalue weighted by Gasteiger charge is -2.45. The van der Waals surface area contributed by atoms with Gasteiger partial charge in [0.15, 0.2) is 0 Å². The first-order valence-electron chi connectivity index (χ1n) is 9.45. The molecule has 0 aromatic heterocycles. The molecule has 3 rings (SSSR count). The fourth-order valence-corrected chi connectivity index (χ4v) is 3.83. The number of halogens is 3. The molecule has 1 heterocycles. The second-order valence-corrected chi connectivity index (χ2v) is 7.42. The first-order valence-corrected chi connectivity index (χ1v) is 9.45. The van der Waals surface area contributed by atoms with Gasteiger partial charge < -0.3 is 4.90 Å². The first kappa shape index (κ1) is 20.2. The molecule has 2 atom stereocenters. The molecule has 6 heteroatoms. The van der Waals surface area contributed by atoms with Crippen LogP contribution in [0.5, 0.6) is 0 Å². The van der Waals surface area contributed by atoms with Gasteiger partial charge in [0.25, 0.3) is 0 Å². The van der Waals surface area contributed by atoms with Crippen LogP contribution in [0.15, 0.2) is 48.5 Å². The minimum absolute atomic E-state index is 0.0843. The monoisotopic (exact) mass is 387 g/mol. The van der Waals surface area contributed by atoms with E-state index in [9.17, 15) is 13.2 Å². The molecule has 1 fully saturated rings. The van der Waals surface area contributed by atoms with E-state index < -0.39 is 11.7 Å². The molecule has 0 N–H and O–H groups in total. The third kappa shape index (κ3) is 4.48. The summed E-state index contributed by atoms with van der Waals surface area (Å²) in [6.45, 7) is 6.50. The topological polar surface area (TPSA) is 30.3 Å². The minimum atomic E-state index is -4.53. The molecule has 28 heavy (non-hydrogen) atoms. The zero-order valence-corrected chi connectivity index (χ0v) is 16.1. The molecule has 1 saturated heterocycles. The van der Waals surface area contributed by atoms with Crippen LogP contribution in [0.2, 0.25) is 0 Å². The Morgan fingerprint density at radius 2 is 1.75 bits per heavy atom. The first-order chi connectivity index (χ1) is 13.3. The molecule has 0 unspecified atom stereocenters. The standard InChI is InChI=1S/C22H24F3N3/c1-16-15-28(20-9-8-19(13-26)21(12-20)22(23,24)25)17(2)14-27(16)11-10-18-6-4-3-5-7-18/h3-9,12,16-17H,10-11,14-15H2,1-2H3/t16-,17+/m0/s1. The largest absolute Gasteiger partial charge is 0.417 e. The lowest BCUT2D eigenvalue weighted by Crippen LogP contribution is -2.57. The highest BCUT2D eigenvalue weighted by atomic mass is 19.4. The van der Waals surface area contributed by atoms with Crippen molar-refractivity contribution in [1.82, 2.24) is 4.90 Å². The summed E-state index contributed by atoms with van der Waals surface area (Å²) in [5, 5.41) is 8.99. The third-order valence-electron chi connectivity index (χ3n) is 5.41. The van der Waals surface area contributed by atoms with E-state index >= 15 is 0 Å². The number of hydrogen-bond acceptors (Lipinski definition) is 3. The second-order valence-electron chi connectivity index (χ2n) is 7.42. The molecule has 148 valence electrons. The van der Waals surface area contributed by atoms with Crippen molar-refractivity contribution >= 4 is 5.69 Å². The Bertz CT molecular complexity index is 842. The Morgan fingerprint density at radius 1 is 1.04 bits per heavy atom. The maximum Gasteiger partial charge on any atom is 0.417 e. The highest BCUT2D eigenvalue weighted by Gasteiger charge is 2.35. The number of nitrogens with zero attached hydrogens (tertiary/aromatic N) is 3. The van der Waals surface area contributed by atoms with E-state index in [0.29, 0.717) is 12.2 Å². The lowest BCUT2D eigenvalue weighted by atomic mass is 10.0. The Morgan fingerprint density at radius 3 is 2.39 bits per heavy atom. The van der Waals surface area contributed by atoms with Gasteiger partial charge in [-0.25, -0.2) is 0 Å². The third-order valence-corrected chi connectivity index (χ3v) is 5.41. The van der Waals surface area contributed by atoms with E-state index in [0.717, 1.165) is 25.6 Å². The van der Waals surface area contributed by atoms with Crippen molar-refractivity contribution in [2.75, 3.05) is 24.5 Å². The maximum absolute atomic E-state index is 13.3. The Kier molecular flexibility index (Phi) is 5.95. The van der Waals surface area contributed by atoms with Crippen molar-refractivity contribution in [3.63, 3.8) is 0 Å². The van der Waals surface area contributed by atoms with Gasteiger partial charge in [0.2, 0.25) is 0 Å². The van der Waals surface area contributed by atoms with Gasteiger partial charge in [-0.1, -0.05) is 30.3 Å². The van der Waals surface area contributed by atoms with Gasteiger partial charge in [-0.05, 0) is 44.0 Å². The molecule has 2 aromatic rings. The molecule has 1 aliphatic rings. The molecule has 0 spiro atoms. The van der Waals surface area contributed by atoms with Crippen LogP contribution in [0.4, 0.5) is 18.9 Å². The van der Waals surface area contributed by atoms with Gasteiger partial charge in [0, 0.05) is 37.4 Å². The summed E-state index contributed by atoms with van der Waals surface area (Å²) in [6, 6.07) is 16.2. The van der Waals surface area contributed by atoms with Crippen LogP contribution in [0, 0.1) is 11.3 Å². The van der Waals surface area contributed by atoms with E-state index in [1.54, 1.807) is 12.1 Å².